The molecular weight excluding hydrogens is 277 g/mol. The van der Waals surface area contributed by atoms with E-state index < -0.39 is 5.82 Å². The molecule has 0 saturated heterocycles. The fourth-order valence-corrected chi connectivity index (χ4v) is 2.02. The number of nitrogens with two attached hydrogens (primary N) is 1. The van der Waals surface area contributed by atoms with Crippen LogP contribution in [0.4, 0.5) is 4.39 Å². The Balaban J connectivity index is 3.38. The van der Waals surface area contributed by atoms with Crippen molar-refractivity contribution in [3.8, 4) is 5.75 Å². The van der Waals surface area contributed by atoms with Gasteiger partial charge in [0, 0.05) is 6.42 Å². The molecule has 0 aliphatic carbocycles. The van der Waals surface area contributed by atoms with Crippen molar-refractivity contribution in [1.82, 2.24) is 0 Å². The number of hydrogen-bond donors (Lipinski definition) is 1. The number of ketones is 1. The monoisotopic (exact) mass is 289 g/mol. The zero-order valence-electron chi connectivity index (χ0n) is 9.14. The molecular formula is C11H13BrFNO2. The maximum absolute atomic E-state index is 13.5. The standard InChI is InChI=1S/C11H13BrFNO2/c1-6-5-7(13)10(12)9(11(6)16-2)8(15)3-4-14/h5H,3-4,14H2,1-2H3. The van der Waals surface area contributed by atoms with Gasteiger partial charge in [0.2, 0.25) is 0 Å². The van der Waals surface area contributed by atoms with Gasteiger partial charge in [-0.05, 0) is 41.0 Å². The molecule has 2 N–H and O–H groups in total. The van der Waals surface area contributed by atoms with E-state index in [4.69, 9.17) is 10.5 Å². The lowest BCUT2D eigenvalue weighted by atomic mass is 10.0. The summed E-state index contributed by atoms with van der Waals surface area (Å²) in [4.78, 5) is 11.8. The largest absolute Gasteiger partial charge is 0.496 e. The van der Waals surface area contributed by atoms with Gasteiger partial charge >= 0.3 is 0 Å². The normalized spacial score (nSPS) is 10.3. The maximum Gasteiger partial charge on any atom is 0.169 e. The number of benzene rings is 1. The Morgan fingerprint density at radius 2 is 2.25 bits per heavy atom. The Morgan fingerprint density at radius 1 is 1.62 bits per heavy atom. The first-order chi connectivity index (χ1) is 7.52. The van der Waals surface area contributed by atoms with Gasteiger partial charge in [-0.1, -0.05) is 0 Å². The van der Waals surface area contributed by atoms with Crippen molar-refractivity contribution in [2.24, 2.45) is 5.73 Å². The van der Waals surface area contributed by atoms with Crippen LogP contribution in [0.3, 0.4) is 0 Å². The van der Waals surface area contributed by atoms with Gasteiger partial charge in [-0.2, -0.15) is 0 Å². The number of carbonyl (C=O) groups excluding carboxylic acids is 1. The highest BCUT2D eigenvalue weighted by Crippen LogP contribution is 2.33. The third-order valence-corrected chi connectivity index (χ3v) is 2.99. The summed E-state index contributed by atoms with van der Waals surface area (Å²) in [7, 11) is 1.45. The second-order valence-corrected chi connectivity index (χ2v) is 4.15. The Morgan fingerprint density at radius 3 is 2.75 bits per heavy atom. The molecule has 0 aliphatic heterocycles. The molecule has 1 aromatic carbocycles. The molecule has 0 spiro atoms. The molecule has 0 aliphatic rings. The summed E-state index contributed by atoms with van der Waals surface area (Å²) < 4.78 is 18.7. The first kappa shape index (κ1) is 13.1. The quantitative estimate of drug-likeness (QED) is 0.866. The highest BCUT2D eigenvalue weighted by Gasteiger charge is 2.20. The predicted molar refractivity (Wildman–Crippen MR) is 63.4 cm³/mol. The van der Waals surface area contributed by atoms with Crippen LogP contribution < -0.4 is 10.5 Å². The lowest BCUT2D eigenvalue weighted by Crippen LogP contribution is -2.11. The fraction of sp³-hybridized carbons (Fsp3) is 0.364. The summed E-state index contributed by atoms with van der Waals surface area (Å²) >= 11 is 3.06. The number of ether oxygens (including phenoxy) is 1. The van der Waals surface area contributed by atoms with Gasteiger partial charge < -0.3 is 10.5 Å². The van der Waals surface area contributed by atoms with Crippen LogP contribution in [0.2, 0.25) is 0 Å². The summed E-state index contributed by atoms with van der Waals surface area (Å²) in [5, 5.41) is 0. The summed E-state index contributed by atoms with van der Waals surface area (Å²) in [6.45, 7) is 1.91. The lowest BCUT2D eigenvalue weighted by molar-refractivity contribution is 0.0981. The highest BCUT2D eigenvalue weighted by atomic mass is 79.9. The van der Waals surface area contributed by atoms with Crippen LogP contribution in [-0.2, 0) is 0 Å². The van der Waals surface area contributed by atoms with E-state index in [0.29, 0.717) is 11.3 Å². The van der Waals surface area contributed by atoms with Gasteiger partial charge in [-0.25, -0.2) is 4.39 Å². The first-order valence-electron chi connectivity index (χ1n) is 4.78. The van der Waals surface area contributed by atoms with Gasteiger partial charge in [0.1, 0.15) is 11.6 Å². The van der Waals surface area contributed by atoms with Crippen LogP contribution in [0, 0.1) is 12.7 Å². The van der Waals surface area contributed by atoms with Crippen LogP contribution >= 0.6 is 15.9 Å². The van der Waals surface area contributed by atoms with E-state index in [1.165, 1.54) is 13.2 Å². The van der Waals surface area contributed by atoms with Crippen molar-refractivity contribution in [2.75, 3.05) is 13.7 Å². The number of methoxy groups -OCH3 is 1. The van der Waals surface area contributed by atoms with E-state index in [-0.39, 0.29) is 28.8 Å². The SMILES string of the molecule is COc1c(C)cc(F)c(Br)c1C(=O)CCN. The molecule has 0 atom stereocenters. The number of aryl methyl sites for hydroxylation is 1. The number of hydrogen-bond acceptors (Lipinski definition) is 3. The summed E-state index contributed by atoms with van der Waals surface area (Å²) in [6.07, 6.45) is 0.165. The number of rotatable bonds is 4. The van der Waals surface area contributed by atoms with E-state index in [2.05, 4.69) is 15.9 Å². The number of halogens is 2. The third kappa shape index (κ3) is 2.41. The van der Waals surface area contributed by atoms with E-state index >= 15 is 0 Å². The molecule has 88 valence electrons. The average molecular weight is 290 g/mol. The molecule has 16 heavy (non-hydrogen) atoms. The predicted octanol–water partition coefficient (Wildman–Crippen LogP) is 2.44. The molecule has 0 heterocycles. The second-order valence-electron chi connectivity index (χ2n) is 3.36. The Kier molecular flexibility index (Phi) is 4.44. The Hall–Kier alpha value is -0.940. The topological polar surface area (TPSA) is 52.3 Å². The molecule has 0 radical (unpaired) electrons. The van der Waals surface area contributed by atoms with Crippen LogP contribution in [0.5, 0.6) is 5.75 Å². The molecule has 0 amide bonds. The molecule has 0 unspecified atom stereocenters. The summed E-state index contributed by atoms with van der Waals surface area (Å²) in [5.41, 5.74) is 6.13. The molecule has 0 saturated carbocycles. The van der Waals surface area contributed by atoms with E-state index in [1.807, 2.05) is 0 Å². The van der Waals surface area contributed by atoms with Crippen LogP contribution in [0.1, 0.15) is 22.3 Å². The summed E-state index contributed by atoms with van der Waals surface area (Å²) in [6, 6.07) is 1.32. The minimum absolute atomic E-state index is 0.133. The molecule has 3 nitrogen and oxygen atoms in total. The Labute approximate surface area is 102 Å². The van der Waals surface area contributed by atoms with E-state index in [1.54, 1.807) is 6.92 Å². The zero-order chi connectivity index (χ0) is 12.3. The van der Waals surface area contributed by atoms with Crippen molar-refractivity contribution in [1.29, 1.82) is 0 Å². The summed E-state index contributed by atoms with van der Waals surface area (Å²) in [5.74, 6) is -0.306. The third-order valence-electron chi connectivity index (χ3n) is 2.21. The van der Waals surface area contributed by atoms with Crippen molar-refractivity contribution >= 4 is 21.7 Å². The molecule has 1 aromatic rings. The van der Waals surface area contributed by atoms with Crippen LogP contribution in [0.25, 0.3) is 0 Å². The van der Waals surface area contributed by atoms with Crippen LogP contribution in [-0.4, -0.2) is 19.4 Å². The van der Waals surface area contributed by atoms with Gasteiger partial charge in [0.05, 0.1) is 17.1 Å². The second kappa shape index (κ2) is 5.41. The molecule has 5 heteroatoms. The first-order valence-corrected chi connectivity index (χ1v) is 5.58. The minimum Gasteiger partial charge on any atom is -0.496 e. The smallest absolute Gasteiger partial charge is 0.169 e. The lowest BCUT2D eigenvalue weighted by Gasteiger charge is -2.13. The molecule has 0 fully saturated rings. The van der Waals surface area contributed by atoms with Gasteiger partial charge in [-0.3, -0.25) is 4.79 Å². The average Bonchev–Trinajstić information content (AvgIpc) is 2.23. The van der Waals surface area contributed by atoms with Crippen LogP contribution in [0.15, 0.2) is 10.5 Å². The maximum atomic E-state index is 13.5. The van der Waals surface area contributed by atoms with Crippen molar-refractivity contribution < 1.29 is 13.9 Å². The van der Waals surface area contributed by atoms with Crippen molar-refractivity contribution in [2.45, 2.75) is 13.3 Å². The van der Waals surface area contributed by atoms with E-state index in [9.17, 15) is 9.18 Å². The number of carbonyl (C=O) groups is 1. The van der Waals surface area contributed by atoms with Gasteiger partial charge in [-0.15, -0.1) is 0 Å². The molecule has 0 bridgehead atoms. The van der Waals surface area contributed by atoms with E-state index in [0.717, 1.165) is 0 Å². The fourth-order valence-electron chi connectivity index (χ4n) is 1.50. The Bertz CT molecular complexity index is 421. The molecule has 1 rings (SSSR count). The van der Waals surface area contributed by atoms with Gasteiger partial charge in [0.25, 0.3) is 0 Å². The molecule has 0 aromatic heterocycles. The van der Waals surface area contributed by atoms with Crippen molar-refractivity contribution in [3.05, 3.63) is 27.5 Å². The zero-order valence-corrected chi connectivity index (χ0v) is 10.7. The number of Topliss-reactive ketones (excluding diaryl/α,β-unsaturated/α-hetero) is 1. The van der Waals surface area contributed by atoms with Crippen molar-refractivity contribution in [3.63, 3.8) is 0 Å². The minimum atomic E-state index is -0.473. The highest BCUT2D eigenvalue weighted by molar-refractivity contribution is 9.10. The van der Waals surface area contributed by atoms with Gasteiger partial charge in [0.15, 0.2) is 5.78 Å².